The van der Waals surface area contributed by atoms with Gasteiger partial charge in [-0.15, -0.1) is 6.58 Å². The van der Waals surface area contributed by atoms with Gasteiger partial charge >= 0.3 is 7.32 Å². The zero-order valence-corrected chi connectivity index (χ0v) is 5.20. The first-order valence-corrected chi connectivity index (χ1v) is 2.83. The Balaban J connectivity index is 0.000000148. The molecule has 3 N–H and O–H groups in total. The summed E-state index contributed by atoms with van der Waals surface area (Å²) in [6.45, 7) is 3.62. The molecule has 52 valence electrons. The van der Waals surface area contributed by atoms with Gasteiger partial charge in [-0.1, -0.05) is 6.08 Å². The van der Waals surface area contributed by atoms with Crippen molar-refractivity contribution in [2.75, 3.05) is 0 Å². The Morgan fingerprint density at radius 1 is 1.33 bits per heavy atom. The zero-order chi connectivity index (χ0) is 7.28. The summed E-state index contributed by atoms with van der Waals surface area (Å²) in [7, 11) is -2.17. The molecule has 1 saturated carbocycles. The van der Waals surface area contributed by atoms with E-state index in [0.29, 0.717) is 0 Å². The van der Waals surface area contributed by atoms with Crippen LogP contribution >= 0.6 is 0 Å². The Labute approximate surface area is 54.8 Å². The van der Waals surface area contributed by atoms with Crippen molar-refractivity contribution in [3.8, 4) is 0 Å². The molecule has 1 fully saturated rings. The largest absolute Gasteiger partial charge is 0.631 e. The van der Waals surface area contributed by atoms with Gasteiger partial charge in [0, 0.05) is 0 Å². The molecule has 1 aliphatic carbocycles. The Kier molecular flexibility index (Phi) is 4.39. The van der Waals surface area contributed by atoms with Gasteiger partial charge in [-0.05, 0) is 18.8 Å². The molecule has 0 saturated heterocycles. The van der Waals surface area contributed by atoms with E-state index in [2.05, 4.69) is 6.58 Å². The van der Waals surface area contributed by atoms with E-state index in [1.807, 2.05) is 6.08 Å². The molecule has 1 rings (SSSR count). The van der Waals surface area contributed by atoms with Crippen LogP contribution in [0.25, 0.3) is 0 Å². The molecule has 0 aromatic rings. The van der Waals surface area contributed by atoms with Crippen molar-refractivity contribution in [1.29, 1.82) is 0 Å². The first-order chi connectivity index (χ1) is 4.16. The van der Waals surface area contributed by atoms with Crippen LogP contribution in [0.5, 0.6) is 0 Å². The minimum Gasteiger partial charge on any atom is -0.402 e. The Hall–Kier alpha value is -0.315. The molecule has 0 unspecified atom stereocenters. The maximum absolute atomic E-state index is 7.17. The third kappa shape index (κ3) is 11.3. The summed E-state index contributed by atoms with van der Waals surface area (Å²) >= 11 is 0. The quantitative estimate of drug-likeness (QED) is 0.332. The maximum atomic E-state index is 7.17. The summed E-state index contributed by atoms with van der Waals surface area (Å²) in [5.41, 5.74) is 0. The summed E-state index contributed by atoms with van der Waals surface area (Å²) in [6.07, 6.45) is 4.81. The lowest BCUT2D eigenvalue weighted by atomic mass is 10.3. The summed E-state index contributed by atoms with van der Waals surface area (Å²) in [4.78, 5) is 0. The van der Waals surface area contributed by atoms with E-state index >= 15 is 0 Å². The molecule has 0 amide bonds. The van der Waals surface area contributed by atoms with Crippen LogP contribution in [-0.4, -0.2) is 22.4 Å². The second-order valence-electron chi connectivity index (χ2n) is 1.92. The minimum atomic E-state index is -2.17. The minimum absolute atomic E-state index is 0.898. The molecule has 0 aliphatic heterocycles. The maximum Gasteiger partial charge on any atom is 0.631 e. The van der Waals surface area contributed by atoms with Gasteiger partial charge in [-0.25, -0.2) is 0 Å². The van der Waals surface area contributed by atoms with E-state index in [0.717, 1.165) is 5.92 Å². The molecular formula is C5H11BO3. The topological polar surface area (TPSA) is 60.7 Å². The Morgan fingerprint density at radius 2 is 1.67 bits per heavy atom. The van der Waals surface area contributed by atoms with Crippen LogP contribution in [0.4, 0.5) is 0 Å². The van der Waals surface area contributed by atoms with Gasteiger partial charge in [0.05, 0.1) is 0 Å². The first-order valence-electron chi connectivity index (χ1n) is 2.83. The van der Waals surface area contributed by atoms with E-state index in [1.54, 1.807) is 0 Å². The Bertz CT molecular complexity index is 77.5. The lowest BCUT2D eigenvalue weighted by molar-refractivity contribution is 0.278. The van der Waals surface area contributed by atoms with Crippen LogP contribution in [-0.2, 0) is 0 Å². The fourth-order valence-electron chi connectivity index (χ4n) is 0.332. The van der Waals surface area contributed by atoms with Crippen LogP contribution in [0.15, 0.2) is 12.7 Å². The van der Waals surface area contributed by atoms with Crippen LogP contribution in [0.2, 0.25) is 0 Å². The highest BCUT2D eigenvalue weighted by molar-refractivity contribution is 6.30. The highest BCUT2D eigenvalue weighted by atomic mass is 16.5. The average molecular weight is 130 g/mol. The molecule has 0 aromatic carbocycles. The molecular weight excluding hydrogens is 119 g/mol. The molecule has 0 atom stereocenters. The van der Waals surface area contributed by atoms with E-state index in [1.165, 1.54) is 12.8 Å². The normalized spacial score (nSPS) is 15.4. The second-order valence-corrected chi connectivity index (χ2v) is 1.92. The zero-order valence-electron chi connectivity index (χ0n) is 5.20. The summed E-state index contributed by atoms with van der Waals surface area (Å²) < 4.78 is 0. The molecule has 0 aromatic heterocycles. The predicted molar refractivity (Wildman–Crippen MR) is 35.3 cm³/mol. The van der Waals surface area contributed by atoms with E-state index in [9.17, 15) is 0 Å². The van der Waals surface area contributed by atoms with Crippen LogP contribution < -0.4 is 0 Å². The van der Waals surface area contributed by atoms with Gasteiger partial charge in [0.1, 0.15) is 0 Å². The van der Waals surface area contributed by atoms with Crippen LogP contribution in [0.1, 0.15) is 12.8 Å². The lowest BCUT2D eigenvalue weighted by Crippen LogP contribution is -2.07. The van der Waals surface area contributed by atoms with Crippen LogP contribution in [0.3, 0.4) is 0 Å². The third-order valence-corrected chi connectivity index (χ3v) is 0.955. The van der Waals surface area contributed by atoms with Crippen molar-refractivity contribution < 1.29 is 15.1 Å². The highest BCUT2D eigenvalue weighted by Gasteiger charge is 2.15. The van der Waals surface area contributed by atoms with Crippen molar-refractivity contribution in [2.24, 2.45) is 5.92 Å². The molecule has 0 spiro atoms. The van der Waals surface area contributed by atoms with Gasteiger partial charge in [0.2, 0.25) is 0 Å². The number of allylic oxidation sites excluding steroid dienone is 1. The summed E-state index contributed by atoms with van der Waals surface area (Å²) in [6, 6.07) is 0. The molecule has 9 heavy (non-hydrogen) atoms. The van der Waals surface area contributed by atoms with Crippen molar-refractivity contribution in [3.63, 3.8) is 0 Å². The standard InChI is InChI=1S/C5H8.BH3O3/c1-2-5-3-4-5;2-1(3)4/h2,5H,1,3-4H2;2-4H. The van der Waals surface area contributed by atoms with E-state index in [4.69, 9.17) is 15.1 Å². The van der Waals surface area contributed by atoms with Crippen molar-refractivity contribution >= 4 is 7.32 Å². The molecule has 0 bridgehead atoms. The predicted octanol–water partition coefficient (Wildman–Crippen LogP) is -0.469. The summed E-state index contributed by atoms with van der Waals surface area (Å²) in [5, 5.41) is 21.5. The first kappa shape index (κ1) is 8.68. The van der Waals surface area contributed by atoms with Crippen molar-refractivity contribution in [3.05, 3.63) is 12.7 Å². The number of rotatable bonds is 1. The fraction of sp³-hybridized carbons (Fsp3) is 0.600. The molecule has 1 aliphatic rings. The van der Waals surface area contributed by atoms with Gasteiger partial charge in [-0.3, -0.25) is 0 Å². The van der Waals surface area contributed by atoms with Crippen LogP contribution in [0, 0.1) is 5.92 Å². The van der Waals surface area contributed by atoms with E-state index < -0.39 is 7.32 Å². The Morgan fingerprint density at radius 3 is 1.67 bits per heavy atom. The smallest absolute Gasteiger partial charge is 0.402 e. The molecule has 4 heteroatoms. The highest BCUT2D eigenvalue weighted by Crippen LogP contribution is 2.28. The summed E-state index contributed by atoms with van der Waals surface area (Å²) in [5.74, 6) is 0.898. The lowest BCUT2D eigenvalue weighted by Gasteiger charge is -1.69. The molecule has 0 heterocycles. The molecule has 3 nitrogen and oxygen atoms in total. The average Bonchev–Trinajstić information content (AvgIpc) is 2.43. The SMILES string of the molecule is C=CC1CC1.OB(O)O. The number of hydrogen-bond acceptors (Lipinski definition) is 3. The van der Waals surface area contributed by atoms with Gasteiger partial charge in [0.15, 0.2) is 0 Å². The molecule has 0 radical (unpaired) electrons. The van der Waals surface area contributed by atoms with Crippen molar-refractivity contribution in [2.45, 2.75) is 12.8 Å². The second kappa shape index (κ2) is 4.55. The number of hydrogen-bond donors (Lipinski definition) is 3. The van der Waals surface area contributed by atoms with Gasteiger partial charge in [0.25, 0.3) is 0 Å². The monoisotopic (exact) mass is 130 g/mol. The van der Waals surface area contributed by atoms with Gasteiger partial charge in [-0.2, -0.15) is 0 Å². The van der Waals surface area contributed by atoms with Gasteiger partial charge < -0.3 is 15.1 Å². The fourth-order valence-corrected chi connectivity index (χ4v) is 0.332. The third-order valence-electron chi connectivity index (χ3n) is 0.955. The van der Waals surface area contributed by atoms with E-state index in [-0.39, 0.29) is 0 Å². The van der Waals surface area contributed by atoms with Crippen molar-refractivity contribution in [1.82, 2.24) is 0 Å².